The van der Waals surface area contributed by atoms with Gasteiger partial charge in [-0.05, 0) is 66.1 Å². The summed E-state index contributed by atoms with van der Waals surface area (Å²) in [5.74, 6) is -0.0948. The standard InChI is InChI=1S/C15H17BrN4O/c16-14-4-3-11(10-18-14)19-15(21)13-2-1-9-20(13)12-5-7-17-8-6-12/h1-4,9-10,12,17H,5-8H2,(H,19,21). The molecule has 0 spiro atoms. The largest absolute Gasteiger partial charge is 0.340 e. The highest BCUT2D eigenvalue weighted by molar-refractivity contribution is 9.10. The van der Waals surface area contributed by atoms with Crippen molar-refractivity contribution in [1.82, 2.24) is 14.9 Å². The van der Waals surface area contributed by atoms with Crippen LogP contribution in [-0.2, 0) is 0 Å². The van der Waals surface area contributed by atoms with Gasteiger partial charge in [0.25, 0.3) is 5.91 Å². The highest BCUT2D eigenvalue weighted by atomic mass is 79.9. The quantitative estimate of drug-likeness (QED) is 0.838. The highest BCUT2D eigenvalue weighted by Gasteiger charge is 2.19. The monoisotopic (exact) mass is 348 g/mol. The van der Waals surface area contributed by atoms with Crippen LogP contribution in [0.2, 0.25) is 0 Å². The van der Waals surface area contributed by atoms with Gasteiger partial charge >= 0.3 is 0 Å². The average molecular weight is 349 g/mol. The Morgan fingerprint density at radius 3 is 2.86 bits per heavy atom. The molecule has 1 saturated heterocycles. The number of nitrogens with zero attached hydrogens (tertiary/aromatic N) is 2. The summed E-state index contributed by atoms with van der Waals surface area (Å²) < 4.78 is 2.83. The molecule has 1 amide bonds. The van der Waals surface area contributed by atoms with E-state index in [0.29, 0.717) is 17.4 Å². The Balaban J connectivity index is 1.75. The van der Waals surface area contributed by atoms with Crippen molar-refractivity contribution in [1.29, 1.82) is 0 Å². The lowest BCUT2D eigenvalue weighted by atomic mass is 10.1. The second-order valence-corrected chi connectivity index (χ2v) is 5.92. The van der Waals surface area contributed by atoms with Crippen molar-refractivity contribution in [3.8, 4) is 0 Å². The molecule has 1 aliphatic heterocycles. The molecule has 5 nitrogen and oxygen atoms in total. The van der Waals surface area contributed by atoms with Crippen LogP contribution in [0.4, 0.5) is 5.69 Å². The molecule has 3 heterocycles. The van der Waals surface area contributed by atoms with Gasteiger partial charge in [0.2, 0.25) is 0 Å². The van der Waals surface area contributed by atoms with E-state index in [9.17, 15) is 4.79 Å². The van der Waals surface area contributed by atoms with E-state index in [2.05, 4.69) is 36.1 Å². The molecule has 0 aromatic carbocycles. The Bertz CT molecular complexity index is 617. The summed E-state index contributed by atoms with van der Waals surface area (Å²) >= 11 is 3.28. The Morgan fingerprint density at radius 2 is 2.14 bits per heavy atom. The maximum absolute atomic E-state index is 12.4. The molecule has 0 aliphatic carbocycles. The molecule has 0 unspecified atom stereocenters. The first-order chi connectivity index (χ1) is 10.2. The molecule has 2 N–H and O–H groups in total. The Morgan fingerprint density at radius 1 is 1.33 bits per heavy atom. The molecule has 3 rings (SSSR count). The fourth-order valence-corrected chi connectivity index (χ4v) is 2.87. The van der Waals surface area contributed by atoms with E-state index in [1.54, 1.807) is 6.20 Å². The predicted molar refractivity (Wildman–Crippen MR) is 85.5 cm³/mol. The van der Waals surface area contributed by atoms with Gasteiger partial charge in [-0.15, -0.1) is 0 Å². The minimum atomic E-state index is -0.0948. The Kier molecular flexibility index (Phi) is 4.36. The third kappa shape index (κ3) is 3.33. The molecule has 1 aliphatic rings. The molecule has 0 saturated carbocycles. The summed E-state index contributed by atoms with van der Waals surface area (Å²) in [6.07, 6.45) is 5.73. The summed E-state index contributed by atoms with van der Waals surface area (Å²) in [4.78, 5) is 16.5. The number of anilines is 1. The molecular formula is C15H17BrN4O. The van der Waals surface area contributed by atoms with Crippen LogP contribution in [0.3, 0.4) is 0 Å². The van der Waals surface area contributed by atoms with E-state index < -0.39 is 0 Å². The molecule has 2 aromatic rings. The molecule has 21 heavy (non-hydrogen) atoms. The zero-order chi connectivity index (χ0) is 14.7. The molecule has 110 valence electrons. The van der Waals surface area contributed by atoms with Crippen molar-refractivity contribution in [3.05, 3.63) is 47.0 Å². The zero-order valence-electron chi connectivity index (χ0n) is 11.6. The maximum atomic E-state index is 12.4. The van der Waals surface area contributed by atoms with Crippen LogP contribution < -0.4 is 10.6 Å². The Labute approximate surface area is 131 Å². The van der Waals surface area contributed by atoms with Crippen molar-refractivity contribution in [3.63, 3.8) is 0 Å². The van der Waals surface area contributed by atoms with Gasteiger partial charge in [0.05, 0.1) is 11.9 Å². The SMILES string of the molecule is O=C(Nc1ccc(Br)nc1)c1cccn1C1CCNCC1. The van der Waals surface area contributed by atoms with Gasteiger partial charge in [-0.1, -0.05) is 0 Å². The lowest BCUT2D eigenvalue weighted by Crippen LogP contribution is -2.31. The third-order valence-corrected chi connectivity index (χ3v) is 4.17. The van der Waals surface area contributed by atoms with Crippen LogP contribution in [0.1, 0.15) is 29.4 Å². The summed E-state index contributed by atoms with van der Waals surface area (Å²) in [5.41, 5.74) is 1.39. The highest BCUT2D eigenvalue weighted by Crippen LogP contribution is 2.22. The van der Waals surface area contributed by atoms with E-state index in [1.165, 1.54) is 0 Å². The number of hydrogen-bond acceptors (Lipinski definition) is 3. The second kappa shape index (κ2) is 6.41. The van der Waals surface area contributed by atoms with Crippen LogP contribution >= 0.6 is 15.9 Å². The van der Waals surface area contributed by atoms with Crippen molar-refractivity contribution in [2.75, 3.05) is 18.4 Å². The van der Waals surface area contributed by atoms with Crippen LogP contribution in [0.15, 0.2) is 41.3 Å². The number of amides is 1. The van der Waals surface area contributed by atoms with Crippen LogP contribution in [0.25, 0.3) is 0 Å². The predicted octanol–water partition coefficient (Wildman–Crippen LogP) is 2.82. The van der Waals surface area contributed by atoms with Crippen LogP contribution in [0.5, 0.6) is 0 Å². The number of aromatic nitrogens is 2. The van der Waals surface area contributed by atoms with Gasteiger partial charge in [0, 0.05) is 12.2 Å². The van der Waals surface area contributed by atoms with Gasteiger partial charge in [-0.3, -0.25) is 4.79 Å². The van der Waals surface area contributed by atoms with Gasteiger partial charge in [0.15, 0.2) is 0 Å². The van der Waals surface area contributed by atoms with E-state index >= 15 is 0 Å². The molecule has 6 heteroatoms. The number of carbonyl (C=O) groups excluding carboxylic acids is 1. The fraction of sp³-hybridized carbons (Fsp3) is 0.333. The zero-order valence-corrected chi connectivity index (χ0v) is 13.1. The minimum absolute atomic E-state index is 0.0948. The number of hydrogen-bond donors (Lipinski definition) is 2. The lowest BCUT2D eigenvalue weighted by Gasteiger charge is -2.25. The van der Waals surface area contributed by atoms with E-state index in [1.807, 2.05) is 30.5 Å². The number of rotatable bonds is 3. The summed E-state index contributed by atoms with van der Waals surface area (Å²) in [6, 6.07) is 7.82. The van der Waals surface area contributed by atoms with Crippen molar-refractivity contribution < 1.29 is 4.79 Å². The smallest absolute Gasteiger partial charge is 0.272 e. The van der Waals surface area contributed by atoms with Gasteiger partial charge in [0.1, 0.15) is 10.3 Å². The number of carbonyl (C=O) groups is 1. The average Bonchev–Trinajstić information content (AvgIpc) is 3.00. The number of halogens is 1. The first-order valence-corrected chi connectivity index (χ1v) is 7.84. The Hall–Kier alpha value is -1.66. The van der Waals surface area contributed by atoms with Crippen molar-refractivity contribution in [2.24, 2.45) is 0 Å². The lowest BCUT2D eigenvalue weighted by molar-refractivity contribution is 0.101. The molecular weight excluding hydrogens is 332 g/mol. The first-order valence-electron chi connectivity index (χ1n) is 7.04. The van der Waals surface area contributed by atoms with Crippen molar-refractivity contribution >= 4 is 27.5 Å². The normalized spacial score (nSPS) is 15.9. The van der Waals surface area contributed by atoms with Gasteiger partial charge in [-0.2, -0.15) is 0 Å². The molecule has 2 aromatic heterocycles. The van der Waals surface area contributed by atoms with E-state index in [4.69, 9.17) is 0 Å². The number of piperidine rings is 1. The fourth-order valence-electron chi connectivity index (χ4n) is 2.63. The number of nitrogens with one attached hydrogen (secondary N) is 2. The topological polar surface area (TPSA) is 59.0 Å². The van der Waals surface area contributed by atoms with Gasteiger partial charge in [-0.25, -0.2) is 4.98 Å². The summed E-state index contributed by atoms with van der Waals surface area (Å²) in [7, 11) is 0. The maximum Gasteiger partial charge on any atom is 0.272 e. The third-order valence-electron chi connectivity index (χ3n) is 3.70. The van der Waals surface area contributed by atoms with Crippen molar-refractivity contribution in [2.45, 2.75) is 18.9 Å². The second-order valence-electron chi connectivity index (χ2n) is 5.11. The molecule has 1 fully saturated rings. The number of pyridine rings is 1. The van der Waals surface area contributed by atoms with Gasteiger partial charge < -0.3 is 15.2 Å². The minimum Gasteiger partial charge on any atom is -0.340 e. The van der Waals surface area contributed by atoms with Crippen LogP contribution in [-0.4, -0.2) is 28.5 Å². The molecule has 0 radical (unpaired) electrons. The summed E-state index contributed by atoms with van der Waals surface area (Å²) in [6.45, 7) is 2.00. The molecule has 0 atom stereocenters. The first kappa shape index (κ1) is 14.3. The van der Waals surface area contributed by atoms with E-state index in [-0.39, 0.29) is 5.91 Å². The summed E-state index contributed by atoms with van der Waals surface area (Å²) in [5, 5.41) is 6.24. The molecule has 0 bridgehead atoms. The van der Waals surface area contributed by atoms with Crippen LogP contribution in [0, 0.1) is 0 Å². The van der Waals surface area contributed by atoms with E-state index in [0.717, 1.165) is 30.5 Å².